The number of hydrogen-bond donors (Lipinski definition) is 0. The first-order valence-electron chi connectivity index (χ1n) is 13.8. The van der Waals surface area contributed by atoms with E-state index in [-0.39, 0.29) is 23.0 Å². The molecule has 1 aliphatic carbocycles. The van der Waals surface area contributed by atoms with Crippen LogP contribution in [-0.2, 0) is 12.8 Å². The Morgan fingerprint density at radius 3 is 1.82 bits per heavy atom. The first-order valence-corrected chi connectivity index (χ1v) is 13.8. The molecule has 0 heterocycles. The average molecular weight is 563 g/mol. The first kappa shape index (κ1) is 29.7. The van der Waals surface area contributed by atoms with Crippen LogP contribution < -0.4 is 4.74 Å². The number of esters is 1. The average Bonchev–Trinajstić information content (AvgIpc) is 2.95. The SMILES string of the molecule is CCCCCc1ccc(C(=O)Oc2ccc(C3CCC(c4ccc(CC)c(F)c4F)CC3)c(F)c2F)c(F)c1F. The molecule has 0 bridgehead atoms. The van der Waals surface area contributed by atoms with Gasteiger partial charge in [0.05, 0.1) is 5.56 Å². The lowest BCUT2D eigenvalue weighted by Gasteiger charge is -2.30. The number of benzene rings is 3. The summed E-state index contributed by atoms with van der Waals surface area (Å²) in [6.45, 7) is 3.72. The third-order valence-electron chi connectivity index (χ3n) is 7.89. The molecule has 1 fully saturated rings. The van der Waals surface area contributed by atoms with Gasteiger partial charge in [0.25, 0.3) is 0 Å². The van der Waals surface area contributed by atoms with Gasteiger partial charge in [-0.3, -0.25) is 0 Å². The molecule has 0 unspecified atom stereocenters. The van der Waals surface area contributed by atoms with Gasteiger partial charge in [-0.25, -0.2) is 26.7 Å². The van der Waals surface area contributed by atoms with Crippen LogP contribution in [0.3, 0.4) is 0 Å². The number of aryl methyl sites for hydroxylation is 2. The number of unbranched alkanes of at least 4 members (excludes halogenated alkanes) is 2. The van der Waals surface area contributed by atoms with Crippen molar-refractivity contribution < 1.29 is 35.9 Å². The van der Waals surface area contributed by atoms with Crippen molar-refractivity contribution in [2.45, 2.75) is 83.5 Å². The monoisotopic (exact) mass is 562 g/mol. The van der Waals surface area contributed by atoms with Gasteiger partial charge >= 0.3 is 5.97 Å². The molecule has 3 aromatic carbocycles. The van der Waals surface area contributed by atoms with Gasteiger partial charge in [0.2, 0.25) is 5.82 Å². The molecular formula is C32H32F6O2. The van der Waals surface area contributed by atoms with Crippen LogP contribution >= 0.6 is 0 Å². The second kappa shape index (κ2) is 12.9. The lowest BCUT2D eigenvalue weighted by atomic mass is 9.75. The number of halogens is 6. The Labute approximate surface area is 230 Å². The summed E-state index contributed by atoms with van der Waals surface area (Å²) in [7, 11) is 0. The fourth-order valence-corrected chi connectivity index (χ4v) is 5.51. The van der Waals surface area contributed by atoms with Crippen molar-refractivity contribution in [3.8, 4) is 5.75 Å². The highest BCUT2D eigenvalue weighted by Gasteiger charge is 2.30. The highest BCUT2D eigenvalue weighted by molar-refractivity contribution is 5.91. The summed E-state index contributed by atoms with van der Waals surface area (Å²) in [5.74, 6) is -9.54. The van der Waals surface area contributed by atoms with E-state index in [0.29, 0.717) is 56.1 Å². The van der Waals surface area contributed by atoms with E-state index in [2.05, 4.69) is 0 Å². The third-order valence-corrected chi connectivity index (χ3v) is 7.89. The van der Waals surface area contributed by atoms with Crippen molar-refractivity contribution in [2.24, 2.45) is 0 Å². The second-order valence-corrected chi connectivity index (χ2v) is 10.4. The Morgan fingerprint density at radius 1 is 0.675 bits per heavy atom. The summed E-state index contributed by atoms with van der Waals surface area (Å²) >= 11 is 0. The fraction of sp³-hybridized carbons (Fsp3) is 0.406. The topological polar surface area (TPSA) is 26.3 Å². The zero-order chi connectivity index (χ0) is 29.0. The maximum Gasteiger partial charge on any atom is 0.346 e. The predicted molar refractivity (Wildman–Crippen MR) is 141 cm³/mol. The van der Waals surface area contributed by atoms with Gasteiger partial charge in [0.1, 0.15) is 0 Å². The molecule has 3 aromatic rings. The number of rotatable bonds is 9. The lowest BCUT2D eigenvalue weighted by molar-refractivity contribution is 0.0720. The minimum atomic E-state index is -1.41. The number of carbonyl (C=O) groups excluding carboxylic acids is 1. The fourth-order valence-electron chi connectivity index (χ4n) is 5.51. The van der Waals surface area contributed by atoms with Crippen LogP contribution in [-0.4, -0.2) is 5.97 Å². The maximum absolute atomic E-state index is 15.1. The van der Waals surface area contributed by atoms with E-state index in [1.807, 2.05) is 6.92 Å². The van der Waals surface area contributed by atoms with Crippen molar-refractivity contribution in [3.63, 3.8) is 0 Å². The molecule has 0 atom stereocenters. The summed E-state index contributed by atoms with van der Waals surface area (Å²) in [4.78, 5) is 12.5. The lowest BCUT2D eigenvalue weighted by Crippen LogP contribution is -2.17. The smallest absolute Gasteiger partial charge is 0.346 e. The third kappa shape index (κ3) is 6.06. The van der Waals surface area contributed by atoms with Crippen molar-refractivity contribution >= 4 is 5.97 Å². The molecular weight excluding hydrogens is 530 g/mol. The Morgan fingerprint density at radius 2 is 1.23 bits per heavy atom. The van der Waals surface area contributed by atoms with Crippen LogP contribution in [0.2, 0.25) is 0 Å². The Kier molecular flexibility index (Phi) is 9.59. The molecule has 0 amide bonds. The van der Waals surface area contributed by atoms with E-state index in [1.54, 1.807) is 19.1 Å². The number of ether oxygens (including phenoxy) is 1. The molecule has 0 radical (unpaired) electrons. The molecule has 2 nitrogen and oxygen atoms in total. The van der Waals surface area contributed by atoms with Crippen molar-refractivity contribution in [3.05, 3.63) is 99.1 Å². The summed E-state index contributed by atoms with van der Waals surface area (Å²) in [6, 6.07) is 7.93. The molecule has 0 N–H and O–H groups in total. The van der Waals surface area contributed by atoms with E-state index in [4.69, 9.17) is 4.74 Å². The minimum Gasteiger partial charge on any atom is -0.420 e. The van der Waals surface area contributed by atoms with Gasteiger partial charge in [0.15, 0.2) is 34.8 Å². The predicted octanol–water partition coefficient (Wildman–Crippen LogP) is 9.48. The standard InChI is InChI=1S/C32H32F6O2/c1-3-5-6-7-21-13-15-24(30(37)27(21)34)32(39)40-25-17-16-23(29(36)31(25)38)20-10-8-19(9-11-20)22-14-12-18(4-2)26(33)28(22)35/h12-17,19-20H,3-11H2,1-2H3. The molecule has 0 saturated heterocycles. The van der Waals surface area contributed by atoms with Crippen molar-refractivity contribution in [2.75, 3.05) is 0 Å². The summed E-state index contributed by atoms with van der Waals surface area (Å²) in [5.41, 5.74) is 0.0944. The summed E-state index contributed by atoms with van der Waals surface area (Å²) < 4.78 is 92.8. The molecule has 40 heavy (non-hydrogen) atoms. The van der Waals surface area contributed by atoms with Gasteiger partial charge in [0, 0.05) is 0 Å². The van der Waals surface area contributed by atoms with E-state index in [9.17, 15) is 26.7 Å². The highest BCUT2D eigenvalue weighted by Crippen LogP contribution is 2.43. The van der Waals surface area contributed by atoms with Crippen molar-refractivity contribution in [1.82, 2.24) is 0 Å². The molecule has 4 rings (SSSR count). The quantitative estimate of drug-likeness (QED) is 0.112. The molecule has 0 aliphatic heterocycles. The zero-order valence-electron chi connectivity index (χ0n) is 22.6. The van der Waals surface area contributed by atoms with Gasteiger partial charge < -0.3 is 4.74 Å². The largest absolute Gasteiger partial charge is 0.420 e. The van der Waals surface area contributed by atoms with Crippen LogP contribution in [0.5, 0.6) is 5.75 Å². The summed E-state index contributed by atoms with van der Waals surface area (Å²) in [6.07, 6.45) is 4.88. The molecule has 1 saturated carbocycles. The van der Waals surface area contributed by atoms with Crippen LogP contribution in [0, 0.1) is 34.9 Å². The second-order valence-electron chi connectivity index (χ2n) is 10.4. The minimum absolute atomic E-state index is 0.0809. The van der Waals surface area contributed by atoms with Gasteiger partial charge in [-0.2, -0.15) is 4.39 Å². The zero-order valence-corrected chi connectivity index (χ0v) is 22.6. The van der Waals surface area contributed by atoms with Crippen LogP contribution in [0.4, 0.5) is 26.3 Å². The molecule has 8 heteroatoms. The Hall–Kier alpha value is -3.29. The summed E-state index contributed by atoms with van der Waals surface area (Å²) in [5, 5.41) is 0. The molecule has 214 valence electrons. The highest BCUT2D eigenvalue weighted by atomic mass is 19.2. The van der Waals surface area contributed by atoms with Gasteiger partial charge in [-0.15, -0.1) is 0 Å². The van der Waals surface area contributed by atoms with Gasteiger partial charge in [-0.1, -0.05) is 51.0 Å². The normalized spacial score (nSPS) is 17.2. The van der Waals surface area contributed by atoms with E-state index >= 15 is 4.39 Å². The molecule has 0 spiro atoms. The first-order chi connectivity index (χ1) is 19.2. The van der Waals surface area contributed by atoms with Crippen LogP contribution in [0.15, 0.2) is 36.4 Å². The maximum atomic E-state index is 15.1. The van der Waals surface area contributed by atoms with E-state index in [0.717, 1.165) is 25.0 Å². The number of hydrogen-bond acceptors (Lipinski definition) is 2. The molecule has 1 aliphatic rings. The molecule has 0 aromatic heterocycles. The Bertz CT molecular complexity index is 1380. The van der Waals surface area contributed by atoms with E-state index in [1.165, 1.54) is 12.1 Å². The van der Waals surface area contributed by atoms with Crippen LogP contribution in [0.25, 0.3) is 0 Å². The van der Waals surface area contributed by atoms with E-state index < -0.39 is 52.2 Å². The van der Waals surface area contributed by atoms with Crippen LogP contribution in [0.1, 0.15) is 103 Å². The number of carbonyl (C=O) groups is 1. The van der Waals surface area contributed by atoms with Crippen molar-refractivity contribution in [1.29, 1.82) is 0 Å². The Balaban J connectivity index is 1.44. The van der Waals surface area contributed by atoms with Gasteiger partial charge in [-0.05, 0) is 91.2 Å².